The molecule has 28 heavy (non-hydrogen) atoms. The molecule has 0 saturated carbocycles. The minimum absolute atomic E-state index is 0.0442. The number of carbonyl (C=O) groups is 1. The van der Waals surface area contributed by atoms with Crippen LogP contribution in [0.5, 0.6) is 0 Å². The Hall–Kier alpha value is -2.81. The normalized spacial score (nSPS) is 11.3. The first-order valence-electron chi connectivity index (χ1n) is 9.60. The summed E-state index contributed by atoms with van der Waals surface area (Å²) in [6.07, 6.45) is 1.90. The van der Waals surface area contributed by atoms with Gasteiger partial charge in [0.2, 0.25) is 5.91 Å². The molecule has 0 saturated heterocycles. The fourth-order valence-corrected chi connectivity index (χ4v) is 3.13. The molecule has 0 bridgehead atoms. The van der Waals surface area contributed by atoms with Gasteiger partial charge in [-0.1, -0.05) is 0 Å². The molecule has 3 aromatic heterocycles. The summed E-state index contributed by atoms with van der Waals surface area (Å²) in [6, 6.07) is 3.74. The highest BCUT2D eigenvalue weighted by Crippen LogP contribution is 2.18. The maximum atomic E-state index is 12.1. The summed E-state index contributed by atoms with van der Waals surface area (Å²) in [4.78, 5) is 12.1. The topological polar surface area (TPSA) is 99.2 Å². The summed E-state index contributed by atoms with van der Waals surface area (Å²) in [5.41, 5.74) is 3.67. The van der Waals surface area contributed by atoms with Gasteiger partial charge in [-0.3, -0.25) is 4.79 Å². The van der Waals surface area contributed by atoms with E-state index in [2.05, 4.69) is 25.7 Å². The fourth-order valence-electron chi connectivity index (χ4n) is 3.13. The predicted octanol–water partition coefficient (Wildman–Crippen LogP) is 1.71. The highest BCUT2D eigenvalue weighted by Gasteiger charge is 2.16. The molecule has 1 amide bonds. The Morgan fingerprint density at radius 1 is 1.18 bits per heavy atom. The van der Waals surface area contributed by atoms with E-state index in [1.807, 2.05) is 44.5 Å². The first-order chi connectivity index (χ1) is 13.5. The van der Waals surface area contributed by atoms with Gasteiger partial charge in [-0.25, -0.2) is 4.68 Å². The van der Waals surface area contributed by atoms with Crippen LogP contribution in [0.1, 0.15) is 42.5 Å². The monoisotopic (exact) mass is 385 g/mol. The van der Waals surface area contributed by atoms with Crippen molar-refractivity contribution in [2.75, 3.05) is 19.8 Å². The number of carbonyl (C=O) groups excluding carboxylic acids is 1. The van der Waals surface area contributed by atoms with Gasteiger partial charge in [0.1, 0.15) is 0 Å². The highest BCUT2D eigenvalue weighted by molar-refractivity contribution is 5.76. The number of hydrogen-bond acceptors (Lipinski definition) is 6. The van der Waals surface area contributed by atoms with Crippen molar-refractivity contribution in [3.05, 3.63) is 34.9 Å². The van der Waals surface area contributed by atoms with Crippen molar-refractivity contribution in [2.45, 2.75) is 47.0 Å². The molecule has 0 spiro atoms. The molecule has 0 fully saturated rings. The number of nitrogens with one attached hydrogen (secondary N) is 1. The minimum Gasteiger partial charge on any atom is -0.382 e. The van der Waals surface area contributed by atoms with E-state index in [4.69, 9.17) is 4.74 Å². The number of aromatic nitrogens is 6. The van der Waals surface area contributed by atoms with Crippen LogP contribution in [0.4, 0.5) is 0 Å². The molecule has 0 atom stereocenters. The molecular formula is C19H27N7O2. The second-order valence-corrected chi connectivity index (χ2v) is 6.67. The molecule has 9 nitrogen and oxygen atoms in total. The van der Waals surface area contributed by atoms with Crippen molar-refractivity contribution < 1.29 is 9.53 Å². The molecule has 0 aliphatic rings. The van der Waals surface area contributed by atoms with E-state index in [9.17, 15) is 4.79 Å². The molecule has 3 aromatic rings. The van der Waals surface area contributed by atoms with Crippen molar-refractivity contribution in [3.8, 4) is 5.82 Å². The molecule has 0 unspecified atom stereocenters. The van der Waals surface area contributed by atoms with Crippen molar-refractivity contribution in [1.29, 1.82) is 0 Å². The molecule has 3 rings (SSSR count). The molecule has 1 N–H and O–H groups in total. The van der Waals surface area contributed by atoms with Crippen molar-refractivity contribution in [2.24, 2.45) is 0 Å². The lowest BCUT2D eigenvalue weighted by atomic mass is 10.1. The van der Waals surface area contributed by atoms with Gasteiger partial charge >= 0.3 is 0 Å². The molecule has 0 aliphatic carbocycles. The fraction of sp³-hybridized carbons (Fsp3) is 0.526. The van der Waals surface area contributed by atoms with E-state index in [1.54, 1.807) is 4.52 Å². The van der Waals surface area contributed by atoms with E-state index >= 15 is 0 Å². The highest BCUT2D eigenvalue weighted by atomic mass is 16.5. The van der Waals surface area contributed by atoms with Crippen LogP contribution in [0.2, 0.25) is 0 Å². The lowest BCUT2D eigenvalue weighted by Gasteiger charge is -2.07. The van der Waals surface area contributed by atoms with E-state index < -0.39 is 0 Å². The number of fused-ring (bicyclic) bond motifs is 1. The quantitative estimate of drug-likeness (QED) is 0.563. The van der Waals surface area contributed by atoms with Crippen LogP contribution in [-0.4, -0.2) is 55.3 Å². The number of rotatable bonds is 9. The molecule has 9 heteroatoms. The molecule has 3 heterocycles. The van der Waals surface area contributed by atoms with Crippen LogP contribution >= 0.6 is 0 Å². The molecular weight excluding hydrogens is 358 g/mol. The average Bonchev–Trinajstić information content (AvgIpc) is 3.19. The van der Waals surface area contributed by atoms with Gasteiger partial charge < -0.3 is 10.1 Å². The Kier molecular flexibility index (Phi) is 6.35. The van der Waals surface area contributed by atoms with Crippen molar-refractivity contribution in [3.63, 3.8) is 0 Å². The zero-order valence-electron chi connectivity index (χ0n) is 16.9. The third kappa shape index (κ3) is 4.36. The Morgan fingerprint density at radius 3 is 2.79 bits per heavy atom. The summed E-state index contributed by atoms with van der Waals surface area (Å²) in [6.45, 7) is 9.79. The zero-order valence-corrected chi connectivity index (χ0v) is 16.9. The smallest absolute Gasteiger partial charge is 0.220 e. The summed E-state index contributed by atoms with van der Waals surface area (Å²) in [7, 11) is 0. The van der Waals surface area contributed by atoms with Crippen LogP contribution in [0, 0.1) is 20.8 Å². The van der Waals surface area contributed by atoms with E-state index in [1.165, 1.54) is 0 Å². The van der Waals surface area contributed by atoms with Gasteiger partial charge in [0.25, 0.3) is 0 Å². The lowest BCUT2D eigenvalue weighted by molar-refractivity contribution is -0.121. The first kappa shape index (κ1) is 19.9. The largest absolute Gasteiger partial charge is 0.382 e. The standard InChI is InChI=1S/C19H27N7O2/c1-5-28-12-6-11-20-19(27)10-7-16-13(2)23-25(14(16)3)18-9-8-17-22-21-15(4)26(17)24-18/h8-9H,5-7,10-12H2,1-4H3,(H,20,27). The van der Waals surface area contributed by atoms with Gasteiger partial charge in [0, 0.05) is 31.9 Å². The Morgan fingerprint density at radius 2 is 2.00 bits per heavy atom. The average molecular weight is 385 g/mol. The number of ether oxygens (including phenoxy) is 1. The van der Waals surface area contributed by atoms with Gasteiger partial charge in [0.15, 0.2) is 17.3 Å². The number of amides is 1. The predicted molar refractivity (Wildman–Crippen MR) is 105 cm³/mol. The maximum Gasteiger partial charge on any atom is 0.220 e. The summed E-state index contributed by atoms with van der Waals surface area (Å²) in [5, 5.41) is 20.2. The van der Waals surface area contributed by atoms with Crippen LogP contribution in [0.25, 0.3) is 11.5 Å². The van der Waals surface area contributed by atoms with E-state index in [0.29, 0.717) is 44.1 Å². The van der Waals surface area contributed by atoms with Crippen LogP contribution < -0.4 is 5.32 Å². The Bertz CT molecular complexity index is 961. The molecule has 0 aliphatic heterocycles. The summed E-state index contributed by atoms with van der Waals surface area (Å²) in [5.74, 6) is 1.46. The first-order valence-corrected chi connectivity index (χ1v) is 9.60. The summed E-state index contributed by atoms with van der Waals surface area (Å²) >= 11 is 0. The number of nitrogens with zero attached hydrogens (tertiary/aromatic N) is 6. The van der Waals surface area contributed by atoms with Crippen LogP contribution in [0.15, 0.2) is 12.1 Å². The van der Waals surface area contributed by atoms with Gasteiger partial charge in [-0.15, -0.1) is 15.3 Å². The van der Waals surface area contributed by atoms with Crippen molar-refractivity contribution >= 4 is 11.6 Å². The Balaban J connectivity index is 1.66. The number of aryl methyl sites for hydroxylation is 2. The SMILES string of the molecule is CCOCCCNC(=O)CCc1c(C)nn(-c2ccc3nnc(C)n3n2)c1C. The summed E-state index contributed by atoms with van der Waals surface area (Å²) < 4.78 is 8.78. The third-order valence-electron chi connectivity index (χ3n) is 4.66. The third-order valence-corrected chi connectivity index (χ3v) is 4.66. The zero-order chi connectivity index (χ0) is 20.1. The second kappa shape index (κ2) is 8.92. The van der Waals surface area contributed by atoms with Gasteiger partial charge in [-0.2, -0.15) is 9.61 Å². The second-order valence-electron chi connectivity index (χ2n) is 6.67. The van der Waals surface area contributed by atoms with E-state index in [0.717, 1.165) is 29.2 Å². The molecule has 0 radical (unpaired) electrons. The van der Waals surface area contributed by atoms with Gasteiger partial charge in [0.05, 0.1) is 5.69 Å². The lowest BCUT2D eigenvalue weighted by Crippen LogP contribution is -2.25. The maximum absolute atomic E-state index is 12.1. The van der Waals surface area contributed by atoms with Crippen LogP contribution in [-0.2, 0) is 16.0 Å². The Labute approximate surface area is 164 Å². The molecule has 0 aromatic carbocycles. The minimum atomic E-state index is 0.0442. The molecule has 150 valence electrons. The van der Waals surface area contributed by atoms with Crippen LogP contribution in [0.3, 0.4) is 0 Å². The van der Waals surface area contributed by atoms with Gasteiger partial charge in [-0.05, 0) is 58.2 Å². The van der Waals surface area contributed by atoms with E-state index in [-0.39, 0.29) is 5.91 Å². The van der Waals surface area contributed by atoms with Crippen molar-refractivity contribution in [1.82, 2.24) is 34.9 Å². The number of hydrogen-bond donors (Lipinski definition) is 1.